The minimum Gasteiger partial charge on any atom is -0.492 e. The minimum absolute atomic E-state index is 0. The minimum atomic E-state index is 0. The number of hydrogen-bond donors (Lipinski definition) is 2. The van der Waals surface area contributed by atoms with Crippen LogP contribution in [0.5, 0.6) is 5.75 Å². The van der Waals surface area contributed by atoms with Gasteiger partial charge in [-0.25, -0.2) is 0 Å². The number of ether oxygens (including phenoxy) is 1. The Balaban J connectivity index is 0.00000220. The van der Waals surface area contributed by atoms with E-state index in [9.17, 15) is 4.79 Å². The van der Waals surface area contributed by atoms with Gasteiger partial charge in [0, 0.05) is 17.6 Å². The zero-order valence-corrected chi connectivity index (χ0v) is 14.7. The van der Waals surface area contributed by atoms with E-state index in [0.717, 1.165) is 30.4 Å². The number of rotatable bonds is 5. The summed E-state index contributed by atoms with van der Waals surface area (Å²) in [6.45, 7) is 2.25. The Hall–Kier alpha value is -0.490. The third kappa shape index (κ3) is 6.43. The molecule has 0 unspecified atom stereocenters. The fourth-order valence-electron chi connectivity index (χ4n) is 2.12. The summed E-state index contributed by atoms with van der Waals surface area (Å²) in [6, 6.07) is 5.56. The summed E-state index contributed by atoms with van der Waals surface area (Å²) in [6.07, 6.45) is 2.51. The van der Waals surface area contributed by atoms with E-state index in [0.29, 0.717) is 23.8 Å². The van der Waals surface area contributed by atoms with Crippen LogP contribution in [0.1, 0.15) is 19.3 Å². The van der Waals surface area contributed by atoms with Gasteiger partial charge in [-0.1, -0.05) is 11.6 Å². The average Bonchev–Trinajstić information content (AvgIpc) is 2.42. The Kier molecular flexibility index (Phi) is 8.41. The Bertz CT molecular complexity index is 468. The lowest BCUT2D eigenvalue weighted by atomic mass is 10.1. The van der Waals surface area contributed by atoms with Crippen molar-refractivity contribution >= 4 is 45.8 Å². The van der Waals surface area contributed by atoms with Crippen LogP contribution in [0.3, 0.4) is 0 Å². The van der Waals surface area contributed by atoms with Crippen LogP contribution in [0.15, 0.2) is 22.7 Å². The van der Waals surface area contributed by atoms with E-state index in [1.165, 1.54) is 0 Å². The van der Waals surface area contributed by atoms with Crippen LogP contribution in [0.25, 0.3) is 0 Å². The van der Waals surface area contributed by atoms with E-state index in [2.05, 4.69) is 26.6 Å². The van der Waals surface area contributed by atoms with Gasteiger partial charge in [0.1, 0.15) is 5.75 Å². The maximum atomic E-state index is 11.8. The molecule has 118 valence electrons. The highest BCUT2D eigenvalue weighted by Gasteiger charge is 2.15. The standard InChI is InChI=1S/C14H18BrClN2O2.ClH/c15-12-8-10(16)3-4-13(12)20-7-5-14(19)18-11-2-1-6-17-9-11;/h3-4,8,11,17H,1-2,5-7,9H2,(H,18,19);1H/t11-;/m0./s1. The van der Waals surface area contributed by atoms with Crippen molar-refractivity contribution in [1.82, 2.24) is 10.6 Å². The number of piperidine rings is 1. The molecule has 4 nitrogen and oxygen atoms in total. The SMILES string of the molecule is Cl.O=C(CCOc1ccc(Cl)cc1Br)N[C@H]1CCCNC1. The summed E-state index contributed by atoms with van der Waals surface area (Å²) in [4.78, 5) is 11.8. The molecule has 0 bridgehead atoms. The number of hydrogen-bond acceptors (Lipinski definition) is 3. The Labute approximate surface area is 144 Å². The number of carbonyl (C=O) groups is 1. The van der Waals surface area contributed by atoms with E-state index < -0.39 is 0 Å². The quantitative estimate of drug-likeness (QED) is 0.802. The van der Waals surface area contributed by atoms with Crippen molar-refractivity contribution in [3.8, 4) is 5.75 Å². The summed E-state index contributed by atoms with van der Waals surface area (Å²) >= 11 is 9.23. The van der Waals surface area contributed by atoms with Crippen molar-refractivity contribution in [3.63, 3.8) is 0 Å². The molecule has 1 heterocycles. The van der Waals surface area contributed by atoms with Crippen molar-refractivity contribution < 1.29 is 9.53 Å². The van der Waals surface area contributed by atoms with Gasteiger partial charge in [-0.2, -0.15) is 0 Å². The van der Waals surface area contributed by atoms with E-state index in [-0.39, 0.29) is 24.4 Å². The molecule has 0 saturated carbocycles. The number of halogens is 3. The van der Waals surface area contributed by atoms with Crippen LogP contribution in [0.4, 0.5) is 0 Å². The van der Waals surface area contributed by atoms with E-state index >= 15 is 0 Å². The second-order valence-electron chi connectivity index (χ2n) is 4.78. The van der Waals surface area contributed by atoms with Gasteiger partial charge in [-0.3, -0.25) is 4.79 Å². The maximum absolute atomic E-state index is 11.8. The van der Waals surface area contributed by atoms with Gasteiger partial charge >= 0.3 is 0 Å². The molecule has 1 aliphatic heterocycles. The number of carbonyl (C=O) groups excluding carboxylic acids is 1. The molecule has 1 atom stereocenters. The molecule has 1 aliphatic rings. The van der Waals surface area contributed by atoms with Gasteiger partial charge < -0.3 is 15.4 Å². The maximum Gasteiger partial charge on any atom is 0.223 e. The van der Waals surface area contributed by atoms with Gasteiger partial charge in [-0.15, -0.1) is 12.4 Å². The van der Waals surface area contributed by atoms with Gasteiger partial charge in [0.15, 0.2) is 0 Å². The topological polar surface area (TPSA) is 50.4 Å². The van der Waals surface area contributed by atoms with Gasteiger partial charge in [-0.05, 0) is 53.5 Å². The fourth-order valence-corrected chi connectivity index (χ4v) is 2.92. The summed E-state index contributed by atoms with van der Waals surface area (Å²) in [5.74, 6) is 0.727. The van der Waals surface area contributed by atoms with E-state index in [4.69, 9.17) is 16.3 Å². The molecule has 2 N–H and O–H groups in total. The van der Waals surface area contributed by atoms with E-state index in [1.807, 2.05) is 0 Å². The summed E-state index contributed by atoms with van der Waals surface area (Å²) in [7, 11) is 0. The molecule has 21 heavy (non-hydrogen) atoms. The molecule has 7 heteroatoms. The van der Waals surface area contributed by atoms with Crippen LogP contribution in [0, 0.1) is 0 Å². The molecule has 2 rings (SSSR count). The molecule has 1 aromatic carbocycles. The van der Waals surface area contributed by atoms with Crippen LogP contribution >= 0.6 is 39.9 Å². The zero-order valence-electron chi connectivity index (χ0n) is 11.5. The van der Waals surface area contributed by atoms with Crippen molar-refractivity contribution in [2.45, 2.75) is 25.3 Å². The number of benzene rings is 1. The number of nitrogens with one attached hydrogen (secondary N) is 2. The predicted molar refractivity (Wildman–Crippen MR) is 90.5 cm³/mol. The first-order chi connectivity index (χ1) is 9.65. The molecule has 0 radical (unpaired) electrons. The zero-order chi connectivity index (χ0) is 14.4. The van der Waals surface area contributed by atoms with Gasteiger partial charge in [0.25, 0.3) is 0 Å². The third-order valence-corrected chi connectivity index (χ3v) is 4.00. The summed E-state index contributed by atoms with van der Waals surface area (Å²) < 4.78 is 6.36. The smallest absolute Gasteiger partial charge is 0.223 e. The highest BCUT2D eigenvalue weighted by atomic mass is 79.9. The molecule has 0 spiro atoms. The highest BCUT2D eigenvalue weighted by Crippen LogP contribution is 2.27. The van der Waals surface area contributed by atoms with Crippen LogP contribution in [0.2, 0.25) is 5.02 Å². The second-order valence-corrected chi connectivity index (χ2v) is 6.07. The van der Waals surface area contributed by atoms with Gasteiger partial charge in [0.2, 0.25) is 5.91 Å². The molecular formula is C14H19BrCl2N2O2. The van der Waals surface area contributed by atoms with Crippen molar-refractivity contribution in [2.75, 3.05) is 19.7 Å². The van der Waals surface area contributed by atoms with Crippen molar-refractivity contribution in [1.29, 1.82) is 0 Å². The Morgan fingerprint density at radius 2 is 2.33 bits per heavy atom. The van der Waals surface area contributed by atoms with Crippen molar-refractivity contribution in [2.24, 2.45) is 0 Å². The molecule has 1 amide bonds. The summed E-state index contributed by atoms with van der Waals surface area (Å²) in [5, 5.41) is 6.93. The highest BCUT2D eigenvalue weighted by molar-refractivity contribution is 9.10. The normalized spacial score (nSPS) is 17.7. The average molecular weight is 398 g/mol. The fraction of sp³-hybridized carbons (Fsp3) is 0.500. The van der Waals surface area contributed by atoms with Crippen LogP contribution in [-0.4, -0.2) is 31.6 Å². The lowest BCUT2D eigenvalue weighted by molar-refractivity contribution is -0.122. The molecule has 0 aromatic heterocycles. The second kappa shape index (κ2) is 9.51. The molecule has 1 saturated heterocycles. The third-order valence-electron chi connectivity index (χ3n) is 3.14. The predicted octanol–water partition coefficient (Wildman–Crippen LogP) is 3.16. The summed E-state index contributed by atoms with van der Waals surface area (Å²) in [5.41, 5.74) is 0. The first-order valence-corrected chi connectivity index (χ1v) is 7.90. The molecule has 1 fully saturated rings. The van der Waals surface area contributed by atoms with Gasteiger partial charge in [0.05, 0.1) is 17.5 Å². The van der Waals surface area contributed by atoms with Crippen LogP contribution < -0.4 is 15.4 Å². The Morgan fingerprint density at radius 1 is 1.52 bits per heavy atom. The molecule has 0 aliphatic carbocycles. The van der Waals surface area contributed by atoms with Crippen molar-refractivity contribution in [3.05, 3.63) is 27.7 Å². The van der Waals surface area contributed by atoms with Crippen LogP contribution in [-0.2, 0) is 4.79 Å². The van der Waals surface area contributed by atoms with E-state index in [1.54, 1.807) is 18.2 Å². The lowest BCUT2D eigenvalue weighted by Gasteiger charge is -2.23. The number of amides is 1. The monoisotopic (exact) mass is 396 g/mol. The lowest BCUT2D eigenvalue weighted by Crippen LogP contribution is -2.45. The molecular weight excluding hydrogens is 379 g/mol. The largest absolute Gasteiger partial charge is 0.492 e. The molecule has 1 aromatic rings. The first-order valence-electron chi connectivity index (χ1n) is 6.73. The first kappa shape index (κ1) is 18.6. The Morgan fingerprint density at radius 3 is 3.00 bits per heavy atom.